The molecule has 0 aliphatic rings. The van der Waals surface area contributed by atoms with E-state index in [2.05, 4.69) is 0 Å². The molecule has 1 atom stereocenters. The summed E-state index contributed by atoms with van der Waals surface area (Å²) in [5.41, 5.74) is 6.17. The molecular formula is C10H10N2OS. The number of nitriles is 1. The van der Waals surface area contributed by atoms with Crippen LogP contribution in [0.5, 0.6) is 0 Å². The lowest BCUT2D eigenvalue weighted by Crippen LogP contribution is -2.27. The molecule has 4 heteroatoms. The first-order valence-electron chi connectivity index (χ1n) is 4.12. The fourth-order valence-corrected chi connectivity index (χ4v) is 1.61. The topological polar surface area (TPSA) is 66.9 Å². The lowest BCUT2D eigenvalue weighted by molar-refractivity contribution is -0.117. The van der Waals surface area contributed by atoms with Crippen LogP contribution in [0.1, 0.15) is 5.56 Å². The highest BCUT2D eigenvalue weighted by Crippen LogP contribution is 2.14. The molecule has 1 unspecified atom stereocenters. The van der Waals surface area contributed by atoms with Crippen LogP contribution in [0.25, 0.3) is 0 Å². The predicted octanol–water partition coefficient (Wildman–Crippen LogP) is 1.30. The maximum Gasteiger partial charge on any atom is 0.231 e. The molecule has 14 heavy (non-hydrogen) atoms. The van der Waals surface area contributed by atoms with E-state index in [-0.39, 0.29) is 0 Å². The number of hydrogen-bond acceptors (Lipinski definition) is 3. The zero-order chi connectivity index (χ0) is 10.4. The van der Waals surface area contributed by atoms with Gasteiger partial charge in [0.25, 0.3) is 0 Å². The van der Waals surface area contributed by atoms with Crippen LogP contribution in [-0.4, -0.2) is 11.2 Å². The molecule has 0 spiro atoms. The maximum absolute atomic E-state index is 10.9. The quantitative estimate of drug-likeness (QED) is 0.755. The smallest absolute Gasteiger partial charge is 0.231 e. The summed E-state index contributed by atoms with van der Waals surface area (Å²) >= 11 is 0.910. The number of nitrogens with zero attached hydrogens (tertiary/aromatic N) is 1. The van der Waals surface area contributed by atoms with E-state index in [0.717, 1.165) is 17.3 Å². The normalized spacial score (nSPS) is 11.6. The van der Waals surface area contributed by atoms with E-state index in [0.29, 0.717) is 6.42 Å². The fraction of sp³-hybridized carbons (Fsp3) is 0.200. The predicted molar refractivity (Wildman–Crippen MR) is 56.3 cm³/mol. The van der Waals surface area contributed by atoms with Crippen molar-refractivity contribution in [3.8, 4) is 5.40 Å². The number of carbonyl (C=O) groups is 1. The summed E-state index contributed by atoms with van der Waals surface area (Å²) in [6.45, 7) is 0. The van der Waals surface area contributed by atoms with Crippen molar-refractivity contribution in [3.05, 3.63) is 35.9 Å². The molecule has 72 valence electrons. The minimum atomic E-state index is -0.456. The van der Waals surface area contributed by atoms with Gasteiger partial charge in [0.2, 0.25) is 5.91 Å². The van der Waals surface area contributed by atoms with E-state index in [9.17, 15) is 4.79 Å². The Morgan fingerprint density at radius 1 is 1.50 bits per heavy atom. The molecule has 1 aromatic carbocycles. The summed E-state index contributed by atoms with van der Waals surface area (Å²) in [7, 11) is 0. The van der Waals surface area contributed by atoms with Gasteiger partial charge in [-0.2, -0.15) is 5.26 Å². The van der Waals surface area contributed by atoms with E-state index in [4.69, 9.17) is 11.0 Å². The third-order valence-electron chi connectivity index (χ3n) is 1.78. The number of primary amides is 1. The van der Waals surface area contributed by atoms with Gasteiger partial charge in [-0.15, -0.1) is 0 Å². The number of hydrogen-bond donors (Lipinski definition) is 1. The Bertz CT molecular complexity index is 345. The molecule has 0 aromatic heterocycles. The molecule has 0 fully saturated rings. The van der Waals surface area contributed by atoms with E-state index < -0.39 is 11.2 Å². The Morgan fingerprint density at radius 2 is 2.14 bits per heavy atom. The third kappa shape index (κ3) is 3.11. The number of carbonyl (C=O) groups excluding carboxylic acids is 1. The van der Waals surface area contributed by atoms with Crippen LogP contribution >= 0.6 is 11.8 Å². The lowest BCUT2D eigenvalue weighted by atomic mass is 10.1. The van der Waals surface area contributed by atoms with Gasteiger partial charge >= 0.3 is 0 Å². The number of nitrogens with two attached hydrogens (primary N) is 1. The summed E-state index contributed by atoms with van der Waals surface area (Å²) in [5.74, 6) is -0.444. The van der Waals surface area contributed by atoms with Crippen molar-refractivity contribution in [3.63, 3.8) is 0 Å². The third-order valence-corrected chi connectivity index (χ3v) is 2.57. The van der Waals surface area contributed by atoms with E-state index >= 15 is 0 Å². The van der Waals surface area contributed by atoms with Crippen LogP contribution in [0.3, 0.4) is 0 Å². The van der Waals surface area contributed by atoms with Crippen LogP contribution in [0, 0.1) is 10.7 Å². The highest BCUT2D eigenvalue weighted by atomic mass is 32.2. The van der Waals surface area contributed by atoms with Gasteiger partial charge in [-0.05, 0) is 23.7 Å². The molecule has 0 bridgehead atoms. The Labute approximate surface area is 86.9 Å². The summed E-state index contributed by atoms with van der Waals surface area (Å²) in [4.78, 5) is 10.9. The van der Waals surface area contributed by atoms with E-state index in [1.165, 1.54) is 0 Å². The second kappa shape index (κ2) is 5.30. The van der Waals surface area contributed by atoms with Crippen molar-refractivity contribution in [1.29, 1.82) is 5.26 Å². The standard InChI is InChI=1S/C10H10N2OS/c11-7-14-9(10(12)13)6-8-4-2-1-3-5-8/h1-5,9H,6H2,(H2,12,13). The minimum Gasteiger partial charge on any atom is -0.369 e. The first-order valence-corrected chi connectivity index (χ1v) is 5.00. The molecule has 0 radical (unpaired) electrons. The monoisotopic (exact) mass is 206 g/mol. The zero-order valence-electron chi connectivity index (χ0n) is 7.51. The van der Waals surface area contributed by atoms with Gasteiger partial charge in [0, 0.05) is 0 Å². The van der Waals surface area contributed by atoms with Gasteiger partial charge in [-0.3, -0.25) is 4.79 Å². The molecule has 0 aliphatic carbocycles. The van der Waals surface area contributed by atoms with Gasteiger partial charge in [0.15, 0.2) is 0 Å². The van der Waals surface area contributed by atoms with Crippen molar-refractivity contribution in [2.75, 3.05) is 0 Å². The molecule has 3 nitrogen and oxygen atoms in total. The zero-order valence-corrected chi connectivity index (χ0v) is 8.33. The number of thioether (sulfide) groups is 1. The second-order valence-electron chi connectivity index (χ2n) is 2.79. The first-order chi connectivity index (χ1) is 6.74. The van der Waals surface area contributed by atoms with Crippen molar-refractivity contribution >= 4 is 17.7 Å². The summed E-state index contributed by atoms with van der Waals surface area (Å²) in [6.07, 6.45) is 0.508. The maximum atomic E-state index is 10.9. The number of thiocyanates is 1. The summed E-state index contributed by atoms with van der Waals surface area (Å²) < 4.78 is 0. The van der Waals surface area contributed by atoms with Gasteiger partial charge in [0.05, 0.1) is 0 Å². The molecule has 1 aromatic rings. The van der Waals surface area contributed by atoms with Gasteiger partial charge < -0.3 is 5.73 Å². The van der Waals surface area contributed by atoms with Gasteiger partial charge in [-0.1, -0.05) is 30.3 Å². The first kappa shape index (κ1) is 10.6. The highest BCUT2D eigenvalue weighted by molar-refractivity contribution is 8.04. The SMILES string of the molecule is N#CSC(Cc1ccccc1)C(N)=O. The Hall–Kier alpha value is -1.47. The highest BCUT2D eigenvalue weighted by Gasteiger charge is 2.16. The van der Waals surface area contributed by atoms with Crippen molar-refractivity contribution in [2.24, 2.45) is 5.73 Å². The molecule has 1 rings (SSSR count). The van der Waals surface area contributed by atoms with Crippen LogP contribution in [0.15, 0.2) is 30.3 Å². The Kier molecular flexibility index (Phi) is 4.02. The van der Waals surface area contributed by atoms with Crippen LogP contribution in [0.4, 0.5) is 0 Å². The summed E-state index contributed by atoms with van der Waals surface area (Å²) in [5, 5.41) is 9.90. The Morgan fingerprint density at radius 3 is 2.64 bits per heavy atom. The largest absolute Gasteiger partial charge is 0.369 e. The van der Waals surface area contributed by atoms with Gasteiger partial charge in [-0.25, -0.2) is 0 Å². The lowest BCUT2D eigenvalue weighted by Gasteiger charge is -2.07. The van der Waals surface area contributed by atoms with E-state index in [1.807, 2.05) is 35.7 Å². The molecular weight excluding hydrogens is 196 g/mol. The van der Waals surface area contributed by atoms with E-state index in [1.54, 1.807) is 0 Å². The molecule has 0 aliphatic heterocycles. The second-order valence-corrected chi connectivity index (χ2v) is 3.78. The van der Waals surface area contributed by atoms with Crippen molar-refractivity contribution in [2.45, 2.75) is 11.7 Å². The molecule has 1 amide bonds. The minimum absolute atomic E-state index is 0.444. The van der Waals surface area contributed by atoms with Crippen LogP contribution < -0.4 is 5.73 Å². The fourth-order valence-electron chi connectivity index (χ4n) is 1.09. The number of rotatable bonds is 4. The average Bonchev–Trinajstić information content (AvgIpc) is 2.18. The molecule has 0 saturated heterocycles. The summed E-state index contributed by atoms with van der Waals surface area (Å²) in [6, 6.07) is 9.51. The molecule has 0 saturated carbocycles. The number of benzene rings is 1. The average molecular weight is 206 g/mol. The molecule has 0 heterocycles. The van der Waals surface area contributed by atoms with Crippen molar-refractivity contribution < 1.29 is 4.79 Å². The van der Waals surface area contributed by atoms with Crippen molar-refractivity contribution in [1.82, 2.24) is 0 Å². The van der Waals surface area contributed by atoms with Crippen LogP contribution in [0.2, 0.25) is 0 Å². The Balaban J connectivity index is 2.66. The number of amides is 1. The van der Waals surface area contributed by atoms with Crippen LogP contribution in [-0.2, 0) is 11.2 Å². The molecule has 2 N–H and O–H groups in total. The van der Waals surface area contributed by atoms with Gasteiger partial charge in [0.1, 0.15) is 10.7 Å².